The van der Waals surface area contributed by atoms with Crippen molar-refractivity contribution in [2.75, 3.05) is 19.6 Å². The van der Waals surface area contributed by atoms with Crippen LogP contribution >= 0.6 is 11.8 Å². The highest BCUT2D eigenvalue weighted by atomic mass is 32.2. The zero-order valence-corrected chi connectivity index (χ0v) is 17.6. The lowest BCUT2D eigenvalue weighted by molar-refractivity contribution is 0.287. The van der Waals surface area contributed by atoms with Crippen molar-refractivity contribution in [2.24, 2.45) is 5.73 Å². The molecule has 0 spiro atoms. The highest BCUT2D eigenvalue weighted by Crippen LogP contribution is 2.48. The summed E-state index contributed by atoms with van der Waals surface area (Å²) in [6.07, 6.45) is 0. The molecule has 0 aliphatic carbocycles. The lowest BCUT2D eigenvalue weighted by Crippen LogP contribution is -2.27. The van der Waals surface area contributed by atoms with E-state index >= 15 is 0 Å². The van der Waals surface area contributed by atoms with Gasteiger partial charge in [-0.3, -0.25) is 4.68 Å². The van der Waals surface area contributed by atoms with Crippen LogP contribution in [0.25, 0.3) is 22.2 Å². The lowest BCUT2D eigenvalue weighted by atomic mass is 10.0. The molecule has 0 radical (unpaired) electrons. The van der Waals surface area contributed by atoms with Gasteiger partial charge in [0.15, 0.2) is 0 Å². The van der Waals surface area contributed by atoms with Gasteiger partial charge in [-0.05, 0) is 30.8 Å². The molecule has 4 rings (SSSR count). The maximum absolute atomic E-state index is 6.01. The van der Waals surface area contributed by atoms with E-state index in [1.165, 1.54) is 31.8 Å². The molecule has 0 amide bonds. The molecule has 1 aliphatic heterocycles. The molecule has 144 valence electrons. The van der Waals surface area contributed by atoms with E-state index < -0.39 is 0 Å². The van der Waals surface area contributed by atoms with Crippen LogP contribution < -0.4 is 5.73 Å². The Balaban J connectivity index is 0.00000102. The zero-order chi connectivity index (χ0) is 19.4. The van der Waals surface area contributed by atoms with Crippen molar-refractivity contribution < 1.29 is 0 Å². The van der Waals surface area contributed by atoms with Crippen LogP contribution in [0.15, 0.2) is 46.2 Å². The number of hydrogen-bond donors (Lipinski definition) is 1. The van der Waals surface area contributed by atoms with E-state index in [0.29, 0.717) is 6.54 Å². The van der Waals surface area contributed by atoms with E-state index in [4.69, 9.17) is 10.8 Å². The van der Waals surface area contributed by atoms with Gasteiger partial charge in [0.1, 0.15) is 5.69 Å². The van der Waals surface area contributed by atoms with Crippen LogP contribution in [0, 0.1) is 0 Å². The average Bonchev–Trinajstić information content (AvgIpc) is 3.11. The fourth-order valence-electron chi connectivity index (χ4n) is 3.56. The largest absolute Gasteiger partial charge is 0.326 e. The minimum absolute atomic E-state index is 0.560. The third kappa shape index (κ3) is 3.64. The maximum Gasteiger partial charge on any atom is 0.102 e. The first-order valence-electron chi connectivity index (χ1n) is 9.98. The van der Waals surface area contributed by atoms with Crippen molar-refractivity contribution in [1.82, 2.24) is 14.7 Å². The Bertz CT molecular complexity index is 912. The molecule has 0 bridgehead atoms. The van der Waals surface area contributed by atoms with E-state index in [1.807, 2.05) is 25.6 Å². The van der Waals surface area contributed by atoms with Gasteiger partial charge in [-0.25, -0.2) is 0 Å². The van der Waals surface area contributed by atoms with Crippen molar-refractivity contribution >= 4 is 22.7 Å². The molecule has 1 aromatic heterocycles. The Kier molecular flexibility index (Phi) is 6.58. The van der Waals surface area contributed by atoms with Gasteiger partial charge in [-0.2, -0.15) is 5.10 Å². The molecule has 2 heterocycles. The van der Waals surface area contributed by atoms with Gasteiger partial charge >= 0.3 is 0 Å². The summed E-state index contributed by atoms with van der Waals surface area (Å²) in [5.74, 6) is 0. The summed E-state index contributed by atoms with van der Waals surface area (Å²) in [4.78, 5) is 4.99. The van der Waals surface area contributed by atoms with Crippen molar-refractivity contribution in [3.05, 3.63) is 42.0 Å². The van der Waals surface area contributed by atoms with Crippen molar-refractivity contribution in [1.29, 1.82) is 0 Å². The second-order valence-electron chi connectivity index (χ2n) is 6.35. The number of benzene rings is 2. The molecular weight excluding hydrogens is 352 g/mol. The normalized spacial score (nSPS) is 12.1. The second kappa shape index (κ2) is 8.91. The van der Waals surface area contributed by atoms with Crippen molar-refractivity contribution in [2.45, 2.75) is 50.6 Å². The molecule has 0 saturated carbocycles. The summed E-state index contributed by atoms with van der Waals surface area (Å²) >= 11 is 1.83. The van der Waals surface area contributed by atoms with Crippen LogP contribution in [0.1, 0.15) is 33.3 Å². The number of rotatable bonds is 6. The third-order valence-electron chi connectivity index (χ3n) is 5.05. The fourth-order valence-corrected chi connectivity index (χ4v) is 4.78. The number of likely N-dealkylation sites (N-methyl/N-ethyl adjacent to an activating group) is 1. The molecule has 4 nitrogen and oxygen atoms in total. The topological polar surface area (TPSA) is 47.1 Å². The molecule has 27 heavy (non-hydrogen) atoms. The first-order valence-corrected chi connectivity index (χ1v) is 10.8. The molecule has 3 aromatic rings. The molecule has 0 unspecified atom stereocenters. The number of fused-ring (bicyclic) bond motifs is 2. The Morgan fingerprint density at radius 1 is 1.07 bits per heavy atom. The van der Waals surface area contributed by atoms with Crippen LogP contribution in [0.5, 0.6) is 0 Å². The lowest BCUT2D eigenvalue weighted by Gasteiger charge is -2.18. The van der Waals surface area contributed by atoms with E-state index in [2.05, 4.69) is 59.8 Å². The molecule has 5 heteroatoms. The summed E-state index contributed by atoms with van der Waals surface area (Å²) in [6.45, 7) is 13.1. The predicted octanol–water partition coefficient (Wildman–Crippen LogP) is 4.99. The molecule has 2 N–H and O–H groups in total. The second-order valence-corrected chi connectivity index (χ2v) is 7.40. The molecule has 2 aromatic carbocycles. The summed E-state index contributed by atoms with van der Waals surface area (Å²) in [5.41, 5.74) is 10.8. The predicted molar refractivity (Wildman–Crippen MR) is 116 cm³/mol. The molecule has 1 aliphatic rings. The van der Waals surface area contributed by atoms with Crippen LogP contribution in [0.3, 0.4) is 0 Å². The minimum Gasteiger partial charge on any atom is -0.326 e. The van der Waals surface area contributed by atoms with E-state index in [1.54, 1.807) is 0 Å². The minimum atomic E-state index is 0.560. The highest BCUT2D eigenvalue weighted by Gasteiger charge is 2.25. The standard InChI is InChI=1S/C20H24N4S.C2H6/c1-3-23(4-2)11-12-24-16-10-9-14(13-21)20-18(16)19(22-24)15-7-5-6-8-17(15)25-20;1-2/h5-10H,3-4,11-13,21H2,1-2H3;1-2H3. The third-order valence-corrected chi connectivity index (χ3v) is 6.30. The van der Waals surface area contributed by atoms with Gasteiger partial charge in [0, 0.05) is 33.8 Å². The van der Waals surface area contributed by atoms with Gasteiger partial charge in [-0.15, -0.1) is 0 Å². The highest BCUT2D eigenvalue weighted by molar-refractivity contribution is 7.99. The van der Waals surface area contributed by atoms with Gasteiger partial charge in [0.05, 0.1) is 12.1 Å². The van der Waals surface area contributed by atoms with Gasteiger partial charge in [-0.1, -0.05) is 63.7 Å². The SMILES string of the molecule is CC.CCN(CC)CCn1nc2c3c(c(CN)ccc31)Sc1ccccc1-2. The average molecular weight is 383 g/mol. The summed E-state index contributed by atoms with van der Waals surface area (Å²) in [5, 5.41) is 6.28. The van der Waals surface area contributed by atoms with Crippen molar-refractivity contribution in [3.8, 4) is 11.3 Å². The first-order chi connectivity index (χ1) is 13.3. The fraction of sp³-hybridized carbons (Fsp3) is 0.409. The Hall–Kier alpha value is -1.82. The van der Waals surface area contributed by atoms with E-state index in [0.717, 1.165) is 31.9 Å². The number of aromatic nitrogens is 2. The quantitative estimate of drug-likeness (QED) is 0.510. The monoisotopic (exact) mass is 382 g/mol. The maximum atomic E-state index is 6.01. The molecule has 0 saturated heterocycles. The van der Waals surface area contributed by atoms with Gasteiger partial charge in [0.25, 0.3) is 0 Å². The van der Waals surface area contributed by atoms with E-state index in [-0.39, 0.29) is 0 Å². The smallest absolute Gasteiger partial charge is 0.102 e. The molecular formula is C22H30N4S. The van der Waals surface area contributed by atoms with E-state index in [9.17, 15) is 0 Å². The zero-order valence-electron chi connectivity index (χ0n) is 16.8. The Morgan fingerprint density at radius 2 is 1.81 bits per heavy atom. The Labute approximate surface area is 166 Å². The summed E-state index contributed by atoms with van der Waals surface area (Å²) in [7, 11) is 0. The summed E-state index contributed by atoms with van der Waals surface area (Å²) in [6, 6.07) is 12.9. The molecule has 0 atom stereocenters. The number of nitrogens with zero attached hydrogens (tertiary/aromatic N) is 3. The van der Waals surface area contributed by atoms with Crippen LogP contribution in [-0.4, -0.2) is 34.3 Å². The number of nitrogens with two attached hydrogens (primary N) is 1. The van der Waals surface area contributed by atoms with Gasteiger partial charge < -0.3 is 10.6 Å². The summed E-state index contributed by atoms with van der Waals surface area (Å²) < 4.78 is 2.18. The van der Waals surface area contributed by atoms with Crippen LogP contribution in [0.4, 0.5) is 0 Å². The Morgan fingerprint density at radius 3 is 2.52 bits per heavy atom. The van der Waals surface area contributed by atoms with Gasteiger partial charge in [0.2, 0.25) is 0 Å². The van der Waals surface area contributed by atoms with Crippen LogP contribution in [-0.2, 0) is 13.1 Å². The first kappa shape index (κ1) is 19.9. The van der Waals surface area contributed by atoms with Crippen LogP contribution in [0.2, 0.25) is 0 Å². The number of hydrogen-bond acceptors (Lipinski definition) is 4. The molecule has 0 fully saturated rings. The van der Waals surface area contributed by atoms with Crippen molar-refractivity contribution in [3.63, 3.8) is 0 Å².